The topological polar surface area (TPSA) is 42.0 Å². The lowest BCUT2D eigenvalue weighted by Gasteiger charge is -2.12. The lowest BCUT2D eigenvalue weighted by Crippen LogP contribution is -2.21. The van der Waals surface area contributed by atoms with Gasteiger partial charge in [-0.1, -0.05) is 12.1 Å². The Morgan fingerprint density at radius 1 is 1.25 bits per heavy atom. The van der Waals surface area contributed by atoms with E-state index < -0.39 is 0 Å². The Morgan fingerprint density at radius 3 is 2.85 bits per heavy atom. The maximum atomic E-state index is 12.3. The van der Waals surface area contributed by atoms with Crippen LogP contribution in [0.2, 0.25) is 0 Å². The van der Waals surface area contributed by atoms with Gasteiger partial charge in [0.2, 0.25) is 5.91 Å². The molecule has 4 heteroatoms. The highest BCUT2D eigenvalue weighted by atomic mass is 32.1. The molecule has 4 rings (SSSR count). The van der Waals surface area contributed by atoms with Crippen LogP contribution >= 0.6 is 11.3 Å². The number of nitrogens with one attached hydrogen (secondary N) is 1. The fourth-order valence-electron chi connectivity index (χ4n) is 3.27. The third-order valence-electron chi connectivity index (χ3n) is 4.42. The van der Waals surface area contributed by atoms with Crippen molar-refractivity contribution >= 4 is 22.9 Å². The second-order valence-corrected chi connectivity index (χ2v) is 6.73. The van der Waals surface area contributed by atoms with Gasteiger partial charge in [-0.3, -0.25) is 4.79 Å². The van der Waals surface area contributed by atoms with E-state index in [1.54, 1.807) is 17.5 Å². The molecule has 0 spiro atoms. The van der Waals surface area contributed by atoms with Crippen molar-refractivity contribution in [3.63, 3.8) is 0 Å². The Hall–Kier alpha value is -1.68. The van der Waals surface area contributed by atoms with Gasteiger partial charge in [-0.25, -0.2) is 4.98 Å². The van der Waals surface area contributed by atoms with Crippen molar-refractivity contribution < 1.29 is 4.79 Å². The SMILES string of the molecule is O=C(Nc1cccc(-c2nccs2)c1)C1CC2CC2C1. The van der Waals surface area contributed by atoms with E-state index in [9.17, 15) is 4.79 Å². The van der Waals surface area contributed by atoms with E-state index in [4.69, 9.17) is 0 Å². The highest BCUT2D eigenvalue weighted by Gasteiger charge is 2.47. The Morgan fingerprint density at radius 2 is 2.10 bits per heavy atom. The van der Waals surface area contributed by atoms with E-state index in [0.29, 0.717) is 0 Å². The molecule has 1 amide bonds. The monoisotopic (exact) mass is 284 g/mol. The third-order valence-corrected chi connectivity index (χ3v) is 5.25. The quantitative estimate of drug-likeness (QED) is 0.931. The maximum Gasteiger partial charge on any atom is 0.227 e. The Labute approximate surface area is 122 Å². The first kappa shape index (κ1) is 12.1. The second-order valence-electron chi connectivity index (χ2n) is 5.83. The van der Waals surface area contributed by atoms with Gasteiger partial charge in [0.1, 0.15) is 5.01 Å². The summed E-state index contributed by atoms with van der Waals surface area (Å²) in [5, 5.41) is 6.02. The molecule has 2 atom stereocenters. The zero-order chi connectivity index (χ0) is 13.5. The first-order valence-corrected chi connectivity index (χ1v) is 7.98. The lowest BCUT2D eigenvalue weighted by atomic mass is 10.0. The van der Waals surface area contributed by atoms with Crippen LogP contribution in [0.25, 0.3) is 10.6 Å². The van der Waals surface area contributed by atoms with Crippen LogP contribution in [0.15, 0.2) is 35.8 Å². The van der Waals surface area contributed by atoms with Crippen molar-refractivity contribution in [2.45, 2.75) is 19.3 Å². The molecule has 2 aromatic rings. The van der Waals surface area contributed by atoms with Crippen LogP contribution in [-0.2, 0) is 4.79 Å². The maximum absolute atomic E-state index is 12.3. The van der Waals surface area contributed by atoms with Crippen LogP contribution in [-0.4, -0.2) is 10.9 Å². The largest absolute Gasteiger partial charge is 0.326 e. The van der Waals surface area contributed by atoms with E-state index in [1.165, 1.54) is 6.42 Å². The average molecular weight is 284 g/mol. The van der Waals surface area contributed by atoms with Crippen molar-refractivity contribution in [2.75, 3.05) is 5.32 Å². The van der Waals surface area contributed by atoms with Crippen molar-refractivity contribution in [2.24, 2.45) is 17.8 Å². The number of fused-ring (bicyclic) bond motifs is 1. The number of rotatable bonds is 3. The first-order valence-electron chi connectivity index (χ1n) is 7.10. The molecule has 0 radical (unpaired) electrons. The Bertz CT molecular complexity index is 628. The fraction of sp³-hybridized carbons (Fsp3) is 0.375. The van der Waals surface area contributed by atoms with Crippen molar-refractivity contribution in [1.82, 2.24) is 4.98 Å². The van der Waals surface area contributed by atoms with Gasteiger partial charge >= 0.3 is 0 Å². The zero-order valence-corrected chi connectivity index (χ0v) is 11.9. The zero-order valence-electron chi connectivity index (χ0n) is 11.1. The number of benzene rings is 1. The molecule has 20 heavy (non-hydrogen) atoms. The van der Waals surface area contributed by atoms with Gasteiger partial charge in [-0.05, 0) is 43.2 Å². The summed E-state index contributed by atoms with van der Waals surface area (Å²) in [5.74, 6) is 2.09. The number of carbonyl (C=O) groups is 1. The van der Waals surface area contributed by atoms with Crippen LogP contribution in [0.5, 0.6) is 0 Å². The number of hydrogen-bond donors (Lipinski definition) is 1. The summed E-state index contributed by atoms with van der Waals surface area (Å²) in [6.45, 7) is 0. The van der Waals surface area contributed by atoms with Crippen LogP contribution in [0.1, 0.15) is 19.3 Å². The molecule has 2 aliphatic rings. The smallest absolute Gasteiger partial charge is 0.227 e. The minimum atomic E-state index is 0.188. The predicted octanol–water partition coefficient (Wildman–Crippen LogP) is 3.79. The van der Waals surface area contributed by atoms with E-state index in [-0.39, 0.29) is 11.8 Å². The summed E-state index contributed by atoms with van der Waals surface area (Å²) in [4.78, 5) is 16.6. The summed E-state index contributed by atoms with van der Waals surface area (Å²) < 4.78 is 0. The lowest BCUT2D eigenvalue weighted by molar-refractivity contribution is -0.120. The number of thiazole rings is 1. The molecular weight excluding hydrogens is 268 g/mol. The predicted molar refractivity (Wildman–Crippen MR) is 80.5 cm³/mol. The normalized spacial score (nSPS) is 27.1. The van der Waals surface area contributed by atoms with E-state index in [0.717, 1.165) is 40.9 Å². The highest BCUT2D eigenvalue weighted by Crippen LogP contribution is 2.54. The summed E-state index contributed by atoms with van der Waals surface area (Å²) in [5.41, 5.74) is 1.94. The number of anilines is 1. The number of hydrogen-bond acceptors (Lipinski definition) is 3. The van der Waals surface area contributed by atoms with Crippen molar-refractivity contribution in [3.8, 4) is 10.6 Å². The highest BCUT2D eigenvalue weighted by molar-refractivity contribution is 7.13. The van der Waals surface area contributed by atoms with Crippen LogP contribution in [0, 0.1) is 17.8 Å². The van der Waals surface area contributed by atoms with Gasteiger partial charge in [0.05, 0.1) is 0 Å². The molecular formula is C16H16N2OS. The molecule has 2 unspecified atom stereocenters. The molecule has 1 aromatic carbocycles. The molecule has 102 valence electrons. The van der Waals surface area contributed by atoms with Gasteiger partial charge < -0.3 is 5.32 Å². The number of amides is 1. The average Bonchev–Trinajstić information content (AvgIpc) is 2.91. The van der Waals surface area contributed by atoms with Gasteiger partial charge in [0.25, 0.3) is 0 Å². The minimum Gasteiger partial charge on any atom is -0.326 e. The summed E-state index contributed by atoms with van der Waals surface area (Å²) in [6, 6.07) is 7.95. The summed E-state index contributed by atoms with van der Waals surface area (Å²) in [6.07, 6.45) is 5.32. The standard InChI is InChI=1S/C16H16N2OS/c19-15(13-7-11-6-12(11)8-13)18-14-3-1-2-10(9-14)16-17-4-5-20-16/h1-5,9,11-13H,6-8H2,(H,18,19). The molecule has 1 aromatic heterocycles. The number of aromatic nitrogens is 1. The van der Waals surface area contributed by atoms with Crippen molar-refractivity contribution in [3.05, 3.63) is 35.8 Å². The van der Waals surface area contributed by atoms with Gasteiger partial charge in [0, 0.05) is 28.7 Å². The molecule has 0 saturated heterocycles. The Balaban J connectivity index is 1.48. The Kier molecular flexibility index (Phi) is 2.84. The molecule has 0 bridgehead atoms. The third kappa shape index (κ3) is 2.24. The van der Waals surface area contributed by atoms with Crippen LogP contribution in [0.4, 0.5) is 5.69 Å². The second kappa shape index (κ2) is 4.70. The van der Waals surface area contributed by atoms with E-state index >= 15 is 0 Å². The molecule has 3 nitrogen and oxygen atoms in total. The molecule has 2 aliphatic carbocycles. The van der Waals surface area contributed by atoms with Gasteiger partial charge in [-0.2, -0.15) is 0 Å². The summed E-state index contributed by atoms with van der Waals surface area (Å²) in [7, 11) is 0. The molecule has 0 aliphatic heterocycles. The molecule has 2 fully saturated rings. The van der Waals surface area contributed by atoms with Crippen molar-refractivity contribution in [1.29, 1.82) is 0 Å². The first-order chi connectivity index (χ1) is 9.79. The number of nitrogens with zero attached hydrogens (tertiary/aromatic N) is 1. The van der Waals surface area contributed by atoms with Gasteiger partial charge in [0.15, 0.2) is 0 Å². The van der Waals surface area contributed by atoms with Crippen LogP contribution < -0.4 is 5.32 Å². The van der Waals surface area contributed by atoms with Gasteiger partial charge in [-0.15, -0.1) is 11.3 Å². The summed E-state index contributed by atoms with van der Waals surface area (Å²) >= 11 is 1.61. The minimum absolute atomic E-state index is 0.188. The van der Waals surface area contributed by atoms with E-state index in [1.807, 2.05) is 29.6 Å². The fourth-order valence-corrected chi connectivity index (χ4v) is 3.90. The van der Waals surface area contributed by atoms with Crippen LogP contribution in [0.3, 0.4) is 0 Å². The molecule has 2 saturated carbocycles. The molecule has 1 heterocycles. The van der Waals surface area contributed by atoms with E-state index in [2.05, 4.69) is 10.3 Å². The molecule has 1 N–H and O–H groups in total. The number of carbonyl (C=O) groups excluding carboxylic acids is 1.